The molecule has 0 fully saturated rings. The Morgan fingerprint density at radius 1 is 0.271 bits per heavy atom. The molecule has 0 radical (unpaired) electrons. The van der Waals surface area contributed by atoms with Crippen molar-refractivity contribution in [3.8, 4) is 22.3 Å². The zero-order valence-electron chi connectivity index (χ0n) is 49.9. The van der Waals surface area contributed by atoms with Crippen molar-refractivity contribution < 1.29 is 13.3 Å². The number of furan rings is 3. The first-order valence-corrected chi connectivity index (χ1v) is 29.7. The van der Waals surface area contributed by atoms with Crippen LogP contribution in [0.3, 0.4) is 0 Å². The highest BCUT2D eigenvalue weighted by molar-refractivity contribution is 6.30. The lowest BCUT2D eigenvalue weighted by Gasteiger charge is -2.27. The summed E-state index contributed by atoms with van der Waals surface area (Å²) in [5.74, 6) is 0. The fourth-order valence-corrected chi connectivity index (χ4v) is 13.7. The molecular weight excluding hydrogens is 1040 g/mol. The van der Waals surface area contributed by atoms with Crippen LogP contribution in [0.2, 0.25) is 0 Å². The third-order valence-corrected chi connectivity index (χ3v) is 17.4. The fraction of sp³-hybridized carbons (Fsp3) is 0.150. The highest BCUT2D eigenvalue weighted by atomic mass is 16.3. The molecule has 3 aromatic heterocycles. The van der Waals surface area contributed by atoms with E-state index >= 15 is 0 Å². The minimum atomic E-state index is -0.136. The SMILES string of the molecule is Cc1cc(C)cc(-c2ccc(N(c3cc4oc5cc(N(c6ccc(-c7cc(C)cc(C)c7)cc6)c6cccc7c6oc6c(C(C)(C)C)cccc67)c6ccccc6c5c4c4ccccc34)c3cccc4c3oc3c(C(C)(C)C)cccc34)cc2)c1. The molecule has 85 heavy (non-hydrogen) atoms. The van der Waals surface area contributed by atoms with Gasteiger partial charge in [0.1, 0.15) is 22.3 Å². The van der Waals surface area contributed by atoms with Crippen molar-refractivity contribution in [2.75, 3.05) is 9.80 Å². The predicted octanol–water partition coefficient (Wildman–Crippen LogP) is 23.8. The highest BCUT2D eigenvalue weighted by Gasteiger charge is 2.30. The van der Waals surface area contributed by atoms with Crippen molar-refractivity contribution in [2.45, 2.75) is 80.1 Å². The molecular formula is C80H66N2O3. The van der Waals surface area contributed by atoms with E-state index in [1.54, 1.807) is 0 Å². The van der Waals surface area contributed by atoms with Gasteiger partial charge < -0.3 is 23.1 Å². The topological polar surface area (TPSA) is 45.9 Å². The van der Waals surface area contributed by atoms with Crippen molar-refractivity contribution in [3.63, 3.8) is 0 Å². The summed E-state index contributed by atoms with van der Waals surface area (Å²) in [6, 6.07) is 80.0. The van der Waals surface area contributed by atoms with Gasteiger partial charge in [-0.05, 0) is 108 Å². The molecule has 0 saturated heterocycles. The van der Waals surface area contributed by atoms with Crippen LogP contribution >= 0.6 is 0 Å². The normalized spacial score (nSPS) is 12.4. The van der Waals surface area contributed by atoms with Crippen LogP contribution in [0.1, 0.15) is 74.9 Å². The molecule has 0 aliphatic carbocycles. The van der Waals surface area contributed by atoms with Crippen LogP contribution in [0, 0.1) is 27.7 Å². The van der Waals surface area contributed by atoms with Crippen LogP contribution in [0.25, 0.3) is 110 Å². The number of para-hydroxylation sites is 4. The lowest BCUT2D eigenvalue weighted by Crippen LogP contribution is -2.11. The monoisotopic (exact) mass is 1100 g/mol. The second-order valence-corrected chi connectivity index (χ2v) is 25.6. The van der Waals surface area contributed by atoms with Gasteiger partial charge in [-0.1, -0.05) is 234 Å². The first-order valence-electron chi connectivity index (χ1n) is 29.7. The predicted molar refractivity (Wildman–Crippen MR) is 360 cm³/mol. The summed E-state index contributed by atoms with van der Waals surface area (Å²) in [4.78, 5) is 4.77. The first kappa shape index (κ1) is 52.0. The van der Waals surface area contributed by atoms with Crippen LogP contribution in [0.4, 0.5) is 34.1 Å². The number of rotatable bonds is 8. The van der Waals surface area contributed by atoms with Gasteiger partial charge in [-0.2, -0.15) is 0 Å². The molecule has 5 heteroatoms. The molecule has 414 valence electrons. The van der Waals surface area contributed by atoms with Gasteiger partial charge in [0.15, 0.2) is 11.2 Å². The van der Waals surface area contributed by atoms with E-state index in [0.29, 0.717) is 0 Å². The average Bonchev–Trinajstić information content (AvgIpc) is 1.91. The van der Waals surface area contributed by atoms with Gasteiger partial charge in [-0.25, -0.2) is 0 Å². The zero-order valence-corrected chi connectivity index (χ0v) is 49.9. The van der Waals surface area contributed by atoms with E-state index in [1.165, 1.54) is 44.5 Å². The summed E-state index contributed by atoms with van der Waals surface area (Å²) < 4.78 is 21.9. The Hall–Kier alpha value is -9.84. The molecule has 0 atom stereocenters. The summed E-state index contributed by atoms with van der Waals surface area (Å²) in [6.45, 7) is 22.2. The number of nitrogens with zero attached hydrogens (tertiary/aromatic N) is 2. The molecule has 0 spiro atoms. The van der Waals surface area contributed by atoms with Crippen LogP contribution in [-0.2, 0) is 10.8 Å². The van der Waals surface area contributed by atoms with E-state index in [4.69, 9.17) is 13.3 Å². The van der Waals surface area contributed by atoms with Crippen molar-refractivity contribution in [2.24, 2.45) is 0 Å². The maximum Gasteiger partial charge on any atom is 0.159 e. The van der Waals surface area contributed by atoms with Crippen LogP contribution in [-0.4, -0.2) is 0 Å². The second-order valence-electron chi connectivity index (χ2n) is 25.6. The lowest BCUT2D eigenvalue weighted by molar-refractivity contribution is 0.572. The first-order chi connectivity index (χ1) is 41.0. The molecule has 15 rings (SSSR count). The van der Waals surface area contributed by atoms with E-state index in [0.717, 1.165) is 133 Å². The van der Waals surface area contributed by atoms with E-state index in [2.05, 4.69) is 297 Å². The maximum absolute atomic E-state index is 7.47. The Morgan fingerprint density at radius 2 is 0.600 bits per heavy atom. The standard InChI is InChI=1S/C80H66N2O3/c1-47-39-48(2)42-53(41-47)51-31-35-55(36-32-51)81(67-29-17-25-63-61-23-15-27-65(79(5,6)7)75(61)84-77(63)67)69-45-71-73(59-21-13-11-19-57(59)69)74-60-22-14-12-20-58(60)70(46-72(74)83-71)82(56-37-33-52(34-38-56)54-43-49(3)40-50(4)44-54)68-30-18-26-64-62-24-16-28-66(80(8,9)10)76(62)85-78(64)68/h11-46H,1-10H3. The molecule has 0 N–H and O–H groups in total. The smallest absolute Gasteiger partial charge is 0.159 e. The van der Waals surface area contributed by atoms with E-state index < -0.39 is 0 Å². The number of hydrogen-bond acceptors (Lipinski definition) is 5. The lowest BCUT2D eigenvalue weighted by atomic mass is 9.86. The van der Waals surface area contributed by atoms with Gasteiger partial charge in [0, 0.05) is 77.7 Å². The Labute approximate surface area is 496 Å². The van der Waals surface area contributed by atoms with Crippen molar-refractivity contribution in [1.82, 2.24) is 0 Å². The molecule has 0 aliphatic rings. The Bertz CT molecular complexity index is 4830. The summed E-state index contributed by atoms with van der Waals surface area (Å²) in [6.07, 6.45) is 0. The molecule has 0 amide bonds. The number of aryl methyl sites for hydroxylation is 4. The minimum absolute atomic E-state index is 0.136. The minimum Gasteiger partial charge on any atom is -0.456 e. The maximum atomic E-state index is 7.47. The van der Waals surface area contributed by atoms with Gasteiger partial charge in [-0.15, -0.1) is 0 Å². The highest BCUT2D eigenvalue weighted by Crippen LogP contribution is 2.52. The van der Waals surface area contributed by atoms with Crippen molar-refractivity contribution >= 4 is 121 Å². The van der Waals surface area contributed by atoms with Crippen LogP contribution in [0.5, 0.6) is 0 Å². The summed E-state index contributed by atoms with van der Waals surface area (Å²) in [7, 11) is 0. The van der Waals surface area contributed by atoms with Gasteiger partial charge in [0.05, 0.1) is 22.7 Å². The summed E-state index contributed by atoms with van der Waals surface area (Å²) in [5, 5.41) is 10.8. The molecule has 12 aromatic carbocycles. The van der Waals surface area contributed by atoms with Gasteiger partial charge >= 0.3 is 0 Å². The molecule has 0 unspecified atom stereocenters. The Kier molecular flexibility index (Phi) is 11.8. The van der Waals surface area contributed by atoms with Gasteiger partial charge in [0.2, 0.25) is 0 Å². The quantitative estimate of drug-likeness (QED) is 0.152. The number of fused-ring (bicyclic) bond motifs is 13. The van der Waals surface area contributed by atoms with E-state index in [1.807, 2.05) is 0 Å². The van der Waals surface area contributed by atoms with Crippen LogP contribution in [0.15, 0.2) is 232 Å². The molecule has 3 heterocycles. The van der Waals surface area contributed by atoms with Crippen molar-refractivity contribution in [3.05, 3.63) is 252 Å². The van der Waals surface area contributed by atoms with E-state index in [9.17, 15) is 0 Å². The van der Waals surface area contributed by atoms with Gasteiger partial charge in [0.25, 0.3) is 0 Å². The third kappa shape index (κ3) is 8.58. The largest absolute Gasteiger partial charge is 0.456 e. The van der Waals surface area contributed by atoms with Crippen molar-refractivity contribution in [1.29, 1.82) is 0 Å². The summed E-state index contributed by atoms with van der Waals surface area (Å²) >= 11 is 0. The summed E-state index contributed by atoms with van der Waals surface area (Å²) in [5.41, 5.74) is 22.6. The molecule has 15 aromatic rings. The van der Waals surface area contributed by atoms with Gasteiger partial charge in [-0.3, -0.25) is 0 Å². The van der Waals surface area contributed by atoms with Crippen LogP contribution < -0.4 is 9.80 Å². The zero-order chi connectivity index (χ0) is 58.2. The second kappa shape index (κ2) is 19.4. The third-order valence-electron chi connectivity index (χ3n) is 17.4. The molecule has 0 bridgehead atoms. The molecule has 0 saturated carbocycles. The Balaban J connectivity index is 0.987. The average molecular weight is 1100 g/mol. The Morgan fingerprint density at radius 3 is 0.965 bits per heavy atom. The number of hydrogen-bond donors (Lipinski definition) is 0. The number of anilines is 6. The van der Waals surface area contributed by atoms with E-state index in [-0.39, 0.29) is 10.8 Å². The molecule has 0 aliphatic heterocycles. The molecule has 5 nitrogen and oxygen atoms in total. The number of benzene rings is 12. The fourth-order valence-electron chi connectivity index (χ4n) is 13.7.